The van der Waals surface area contributed by atoms with Crippen molar-refractivity contribution in [3.63, 3.8) is 0 Å². The van der Waals surface area contributed by atoms with Crippen LogP contribution in [0, 0.1) is 0 Å². The molecule has 0 unspecified atom stereocenters. The number of hydrogen-bond acceptors (Lipinski definition) is 4. The molecule has 3 N–H and O–H groups in total. The summed E-state index contributed by atoms with van der Waals surface area (Å²) in [5.41, 5.74) is 2.89. The molecule has 0 radical (unpaired) electrons. The summed E-state index contributed by atoms with van der Waals surface area (Å²) in [6.45, 7) is 4.25. The average Bonchev–Trinajstić information content (AvgIpc) is 2.74. The Balaban J connectivity index is 0.000000583. The zero-order valence-corrected chi connectivity index (χ0v) is 10.5. The number of aromatic amines is 1. The molecular formula is C9H19N5S. The van der Waals surface area contributed by atoms with E-state index in [-0.39, 0.29) is 0 Å². The first-order valence-electron chi connectivity index (χ1n) is 4.80. The van der Waals surface area contributed by atoms with Crippen LogP contribution in [0.3, 0.4) is 0 Å². The molecule has 1 heterocycles. The van der Waals surface area contributed by atoms with Gasteiger partial charge in [-0.1, -0.05) is 32.2 Å². The summed E-state index contributed by atoms with van der Waals surface area (Å²) < 4.78 is 0. The molecule has 0 aliphatic rings. The molecule has 0 aliphatic carbocycles. The minimum Gasteiger partial charge on any atom is -0.342 e. The van der Waals surface area contributed by atoms with Crippen LogP contribution < -0.4 is 10.3 Å². The van der Waals surface area contributed by atoms with Crippen LogP contribution >= 0.6 is 11.9 Å². The molecule has 0 spiro atoms. The van der Waals surface area contributed by atoms with Gasteiger partial charge in [-0.25, -0.2) is 4.98 Å². The van der Waals surface area contributed by atoms with Crippen LogP contribution in [0.25, 0.3) is 0 Å². The molecule has 0 atom stereocenters. The van der Waals surface area contributed by atoms with Crippen LogP contribution in [0.4, 0.5) is 0 Å². The first-order valence-corrected chi connectivity index (χ1v) is 6.03. The van der Waals surface area contributed by atoms with E-state index in [0.717, 1.165) is 5.82 Å². The molecule has 0 aliphatic heterocycles. The van der Waals surface area contributed by atoms with Gasteiger partial charge in [-0.05, 0) is 6.26 Å². The fourth-order valence-electron chi connectivity index (χ4n) is 0.715. The van der Waals surface area contributed by atoms with Crippen LogP contribution in [0.15, 0.2) is 17.4 Å². The van der Waals surface area contributed by atoms with Crippen molar-refractivity contribution in [1.82, 2.24) is 20.2 Å². The van der Waals surface area contributed by atoms with Crippen molar-refractivity contribution >= 4 is 17.8 Å². The predicted octanol–water partition coefficient (Wildman–Crippen LogP) is 1.57. The third-order valence-electron chi connectivity index (χ3n) is 1.22. The van der Waals surface area contributed by atoms with Crippen LogP contribution in [-0.2, 0) is 0 Å². The summed E-state index contributed by atoms with van der Waals surface area (Å²) in [6, 6.07) is 0. The third-order valence-corrected chi connectivity index (χ3v) is 1.52. The van der Waals surface area contributed by atoms with Gasteiger partial charge in [-0.2, -0.15) is 4.83 Å². The number of rotatable bonds is 3. The van der Waals surface area contributed by atoms with Gasteiger partial charge in [0.05, 0.1) is 0 Å². The van der Waals surface area contributed by atoms with Gasteiger partial charge in [0.1, 0.15) is 0 Å². The number of hydrogen-bond donors (Lipinski definition) is 3. The molecule has 0 amide bonds. The van der Waals surface area contributed by atoms with E-state index < -0.39 is 0 Å². The summed E-state index contributed by atoms with van der Waals surface area (Å²) in [4.78, 5) is 13.9. The van der Waals surface area contributed by atoms with Crippen LogP contribution in [0.5, 0.6) is 0 Å². The summed E-state index contributed by atoms with van der Waals surface area (Å²) in [7, 11) is 1.70. The summed E-state index contributed by atoms with van der Waals surface area (Å²) in [5.74, 6) is 1.41. The minimum atomic E-state index is 0.689. The molecular weight excluding hydrogens is 210 g/mol. The van der Waals surface area contributed by atoms with Crippen molar-refractivity contribution in [2.45, 2.75) is 20.3 Å². The van der Waals surface area contributed by atoms with E-state index in [9.17, 15) is 0 Å². The lowest BCUT2D eigenvalue weighted by Gasteiger charge is -2.04. The topological polar surface area (TPSA) is 65.1 Å². The average molecular weight is 229 g/mol. The van der Waals surface area contributed by atoms with E-state index in [1.807, 2.05) is 6.26 Å². The highest BCUT2D eigenvalue weighted by atomic mass is 32.2. The molecule has 0 saturated heterocycles. The Bertz CT molecular complexity index is 257. The summed E-state index contributed by atoms with van der Waals surface area (Å²) in [5, 5.41) is 0. The quantitative estimate of drug-likeness (QED) is 0.319. The van der Waals surface area contributed by atoms with E-state index in [0.29, 0.717) is 5.84 Å². The zero-order valence-electron chi connectivity index (χ0n) is 9.66. The molecule has 5 nitrogen and oxygen atoms in total. The second-order valence-electron chi connectivity index (χ2n) is 2.65. The van der Waals surface area contributed by atoms with Crippen molar-refractivity contribution < 1.29 is 0 Å². The number of amidine groups is 1. The normalized spacial score (nSPS) is 10.5. The smallest absolute Gasteiger partial charge is 0.179 e. The Morgan fingerprint density at radius 1 is 1.60 bits per heavy atom. The second-order valence-corrected chi connectivity index (χ2v) is 3.26. The largest absolute Gasteiger partial charge is 0.342 e. The molecule has 0 saturated carbocycles. The number of imidazole rings is 1. The van der Waals surface area contributed by atoms with Crippen LogP contribution in [0.2, 0.25) is 0 Å². The molecule has 0 bridgehead atoms. The number of hydrazine groups is 1. The molecule has 15 heavy (non-hydrogen) atoms. The van der Waals surface area contributed by atoms with E-state index in [1.165, 1.54) is 18.4 Å². The minimum absolute atomic E-state index is 0.689. The van der Waals surface area contributed by atoms with Crippen molar-refractivity contribution in [2.75, 3.05) is 13.3 Å². The van der Waals surface area contributed by atoms with Crippen LogP contribution in [-0.4, -0.2) is 29.1 Å². The van der Waals surface area contributed by atoms with Gasteiger partial charge in [0.15, 0.2) is 11.7 Å². The van der Waals surface area contributed by atoms with Crippen LogP contribution in [0.1, 0.15) is 26.1 Å². The van der Waals surface area contributed by atoms with Gasteiger partial charge in [0.25, 0.3) is 0 Å². The Morgan fingerprint density at radius 3 is 2.67 bits per heavy atom. The number of nitrogens with one attached hydrogen (secondary N) is 3. The maximum absolute atomic E-state index is 4.04. The highest BCUT2D eigenvalue weighted by Crippen LogP contribution is 1.89. The Labute approximate surface area is 95.3 Å². The standard InChI is InChI=1S/C6H11N5S.C3H8/c1-7-5(10-11-12-2)6-8-3-4-9-6;1-3-2/h3-4,11H,1-2H3,(H,7,10)(H,8,9);3H2,1-2H3. The molecule has 1 aromatic heterocycles. The Hall–Kier alpha value is -1.01. The second kappa shape index (κ2) is 9.54. The van der Waals surface area contributed by atoms with E-state index in [4.69, 9.17) is 0 Å². The molecule has 0 fully saturated rings. The fourth-order valence-corrected chi connectivity index (χ4v) is 0.914. The lowest BCUT2D eigenvalue weighted by atomic mass is 10.6. The summed E-state index contributed by atoms with van der Waals surface area (Å²) >= 11 is 1.46. The van der Waals surface area contributed by atoms with Crippen molar-refractivity contribution in [1.29, 1.82) is 0 Å². The first kappa shape index (κ1) is 14.0. The highest BCUT2D eigenvalue weighted by molar-refractivity contribution is 7.96. The molecule has 1 aromatic rings. The first-order chi connectivity index (χ1) is 7.29. The van der Waals surface area contributed by atoms with Gasteiger partial charge in [-0.15, -0.1) is 0 Å². The molecule has 6 heteroatoms. The lowest BCUT2D eigenvalue weighted by molar-refractivity contribution is 0.912. The monoisotopic (exact) mass is 229 g/mol. The van der Waals surface area contributed by atoms with Gasteiger partial charge in [0, 0.05) is 19.4 Å². The zero-order chi connectivity index (χ0) is 11.5. The molecule has 86 valence electrons. The number of H-pyrrole nitrogens is 1. The highest BCUT2D eigenvalue weighted by Gasteiger charge is 2.01. The number of aliphatic imine (C=N–C) groups is 1. The predicted molar refractivity (Wildman–Crippen MR) is 66.8 cm³/mol. The third kappa shape index (κ3) is 6.14. The maximum atomic E-state index is 4.04. The van der Waals surface area contributed by atoms with E-state index >= 15 is 0 Å². The molecule has 0 aromatic carbocycles. The van der Waals surface area contributed by atoms with Gasteiger partial charge in [0.2, 0.25) is 0 Å². The van der Waals surface area contributed by atoms with Crippen molar-refractivity contribution in [2.24, 2.45) is 4.99 Å². The van der Waals surface area contributed by atoms with Gasteiger partial charge >= 0.3 is 0 Å². The van der Waals surface area contributed by atoms with E-state index in [2.05, 4.69) is 39.1 Å². The lowest BCUT2D eigenvalue weighted by Crippen LogP contribution is -2.33. The Kier molecular flexibility index (Phi) is 8.90. The summed E-state index contributed by atoms with van der Waals surface area (Å²) in [6.07, 6.45) is 6.60. The number of nitrogens with zero attached hydrogens (tertiary/aromatic N) is 2. The number of aromatic nitrogens is 2. The van der Waals surface area contributed by atoms with Gasteiger partial charge < -0.3 is 4.98 Å². The Morgan fingerprint density at radius 2 is 2.27 bits per heavy atom. The van der Waals surface area contributed by atoms with Crippen molar-refractivity contribution in [3.05, 3.63) is 18.2 Å². The van der Waals surface area contributed by atoms with Crippen molar-refractivity contribution in [3.8, 4) is 0 Å². The molecule has 1 rings (SSSR count). The maximum Gasteiger partial charge on any atom is 0.179 e. The SMILES string of the molecule is CCC.CN=C(NNSC)c1ncc[nH]1. The van der Waals surface area contributed by atoms with Gasteiger partial charge in [-0.3, -0.25) is 10.4 Å². The fraction of sp³-hybridized carbons (Fsp3) is 0.556. The van der Waals surface area contributed by atoms with E-state index in [1.54, 1.807) is 19.4 Å².